The molecule has 0 aliphatic carbocycles. The van der Waals surface area contributed by atoms with Crippen molar-refractivity contribution in [2.75, 3.05) is 0 Å². The summed E-state index contributed by atoms with van der Waals surface area (Å²) in [6.45, 7) is 19.4. The van der Waals surface area contributed by atoms with Crippen molar-refractivity contribution in [1.29, 1.82) is 0 Å². The Morgan fingerprint density at radius 1 is 0.609 bits per heavy atom. The molecule has 0 fully saturated rings. The lowest BCUT2D eigenvalue weighted by Crippen LogP contribution is -2.20. The average molecular weight is 325 g/mol. The van der Waals surface area contributed by atoms with Crippen LogP contribution >= 0.6 is 0 Å². The standard InChI is InChI=1S/C23H48/c1-9-14-19(5)20(6)15-12-13-16-23(11-3)22(8)21(7)17-18(4)10-2/h18-23H,9-17H2,1-8H3. The zero-order valence-electron chi connectivity index (χ0n) is 17.8. The lowest BCUT2D eigenvalue weighted by Gasteiger charge is -2.30. The first kappa shape index (κ1) is 23.0. The molecule has 0 aromatic carbocycles. The molecule has 0 saturated carbocycles. The third kappa shape index (κ3) is 9.78. The minimum Gasteiger partial charge on any atom is -0.0654 e. The van der Waals surface area contributed by atoms with Crippen LogP contribution in [0.25, 0.3) is 0 Å². The topological polar surface area (TPSA) is 0 Å². The van der Waals surface area contributed by atoms with E-state index < -0.39 is 0 Å². The van der Waals surface area contributed by atoms with Crippen LogP contribution in [-0.4, -0.2) is 0 Å². The fourth-order valence-corrected chi connectivity index (χ4v) is 4.22. The van der Waals surface area contributed by atoms with Crippen LogP contribution in [0.15, 0.2) is 0 Å². The molecule has 0 spiro atoms. The summed E-state index contributed by atoms with van der Waals surface area (Å²) >= 11 is 0. The van der Waals surface area contributed by atoms with Crippen molar-refractivity contribution in [3.63, 3.8) is 0 Å². The van der Waals surface area contributed by atoms with Crippen LogP contribution in [0.4, 0.5) is 0 Å². The van der Waals surface area contributed by atoms with Gasteiger partial charge in [-0.1, -0.05) is 107 Å². The monoisotopic (exact) mass is 324 g/mol. The van der Waals surface area contributed by atoms with Crippen LogP contribution in [0.2, 0.25) is 0 Å². The first-order valence-corrected chi connectivity index (χ1v) is 10.9. The molecule has 0 radical (unpaired) electrons. The fraction of sp³-hybridized carbons (Fsp3) is 1.00. The molecule has 0 heterocycles. The normalized spacial score (nSPS) is 19.8. The van der Waals surface area contributed by atoms with Crippen LogP contribution < -0.4 is 0 Å². The molecule has 0 bridgehead atoms. The van der Waals surface area contributed by atoms with Crippen molar-refractivity contribution in [2.45, 2.75) is 113 Å². The molecule has 0 nitrogen and oxygen atoms in total. The highest BCUT2D eigenvalue weighted by atomic mass is 14.3. The van der Waals surface area contributed by atoms with Gasteiger partial charge < -0.3 is 0 Å². The Bertz CT molecular complexity index is 257. The summed E-state index contributed by atoms with van der Waals surface area (Å²) in [7, 11) is 0. The van der Waals surface area contributed by atoms with E-state index in [9.17, 15) is 0 Å². The molecule has 0 saturated heterocycles. The van der Waals surface area contributed by atoms with Gasteiger partial charge >= 0.3 is 0 Å². The Balaban J connectivity index is 4.09. The first-order chi connectivity index (χ1) is 10.9. The van der Waals surface area contributed by atoms with Crippen LogP contribution in [0.5, 0.6) is 0 Å². The third-order valence-corrected chi connectivity index (χ3v) is 6.84. The maximum absolute atomic E-state index is 2.52. The number of hydrogen-bond acceptors (Lipinski definition) is 0. The van der Waals surface area contributed by atoms with E-state index in [-0.39, 0.29) is 0 Å². The second-order valence-electron chi connectivity index (χ2n) is 8.78. The predicted octanol–water partition coefficient (Wildman–Crippen LogP) is 8.35. The van der Waals surface area contributed by atoms with Gasteiger partial charge in [0, 0.05) is 0 Å². The molecule has 0 aromatic heterocycles. The Kier molecular flexibility index (Phi) is 13.3. The highest BCUT2D eigenvalue weighted by Crippen LogP contribution is 2.32. The summed E-state index contributed by atoms with van der Waals surface area (Å²) < 4.78 is 0. The quantitative estimate of drug-likeness (QED) is 0.281. The minimum atomic E-state index is 0.887. The Hall–Kier alpha value is 0. The molecule has 140 valence electrons. The smallest absolute Gasteiger partial charge is 0.0389 e. The average Bonchev–Trinajstić information content (AvgIpc) is 2.54. The first-order valence-electron chi connectivity index (χ1n) is 10.9. The Labute approximate surface area is 149 Å². The van der Waals surface area contributed by atoms with Gasteiger partial charge in [-0.3, -0.25) is 0 Å². The zero-order valence-corrected chi connectivity index (χ0v) is 17.8. The van der Waals surface area contributed by atoms with Crippen LogP contribution in [-0.2, 0) is 0 Å². The Morgan fingerprint density at radius 3 is 1.70 bits per heavy atom. The van der Waals surface area contributed by atoms with Crippen LogP contribution in [0.3, 0.4) is 0 Å². The summed E-state index contributed by atoms with van der Waals surface area (Å²) in [5.74, 6) is 5.44. The molecule has 0 aliphatic rings. The van der Waals surface area contributed by atoms with Crippen molar-refractivity contribution in [2.24, 2.45) is 35.5 Å². The van der Waals surface area contributed by atoms with E-state index in [0.717, 1.165) is 35.5 Å². The molecule has 0 aromatic rings. The number of unbranched alkanes of at least 4 members (excludes halogenated alkanes) is 1. The van der Waals surface area contributed by atoms with Crippen LogP contribution in [0.1, 0.15) is 113 Å². The molecule has 0 heteroatoms. The van der Waals surface area contributed by atoms with E-state index in [1.807, 2.05) is 0 Å². The maximum atomic E-state index is 2.52. The molecule has 0 aliphatic heterocycles. The van der Waals surface area contributed by atoms with Crippen molar-refractivity contribution in [1.82, 2.24) is 0 Å². The number of rotatable bonds is 14. The molecule has 0 N–H and O–H groups in total. The van der Waals surface area contributed by atoms with Gasteiger partial charge in [0.05, 0.1) is 0 Å². The summed E-state index contributed by atoms with van der Waals surface area (Å²) in [6.07, 6.45) is 12.7. The molecule has 0 amide bonds. The van der Waals surface area contributed by atoms with E-state index in [4.69, 9.17) is 0 Å². The molecule has 23 heavy (non-hydrogen) atoms. The SMILES string of the molecule is CCCC(C)C(C)CCCCC(CC)C(C)C(C)CC(C)CC. The second-order valence-corrected chi connectivity index (χ2v) is 8.78. The van der Waals surface area contributed by atoms with Gasteiger partial charge in [0.1, 0.15) is 0 Å². The fourth-order valence-electron chi connectivity index (χ4n) is 4.22. The lowest BCUT2D eigenvalue weighted by molar-refractivity contribution is 0.205. The minimum absolute atomic E-state index is 0.887. The molecule has 6 atom stereocenters. The summed E-state index contributed by atoms with van der Waals surface area (Å²) in [5, 5.41) is 0. The van der Waals surface area contributed by atoms with E-state index in [0.29, 0.717) is 0 Å². The van der Waals surface area contributed by atoms with Gasteiger partial charge in [-0.15, -0.1) is 0 Å². The zero-order chi connectivity index (χ0) is 17.8. The van der Waals surface area contributed by atoms with E-state index >= 15 is 0 Å². The van der Waals surface area contributed by atoms with Gasteiger partial charge in [0.2, 0.25) is 0 Å². The number of hydrogen-bond donors (Lipinski definition) is 0. The van der Waals surface area contributed by atoms with E-state index in [1.165, 1.54) is 57.8 Å². The molecular formula is C23H48. The predicted molar refractivity (Wildman–Crippen MR) is 108 cm³/mol. The Morgan fingerprint density at radius 2 is 1.17 bits per heavy atom. The van der Waals surface area contributed by atoms with Crippen LogP contribution in [0, 0.1) is 35.5 Å². The summed E-state index contributed by atoms with van der Waals surface area (Å²) in [6, 6.07) is 0. The van der Waals surface area contributed by atoms with Gasteiger partial charge in [-0.05, 0) is 41.9 Å². The highest BCUT2D eigenvalue weighted by Gasteiger charge is 2.22. The largest absolute Gasteiger partial charge is 0.0654 e. The second kappa shape index (κ2) is 13.3. The third-order valence-electron chi connectivity index (χ3n) is 6.84. The van der Waals surface area contributed by atoms with Gasteiger partial charge in [0.25, 0.3) is 0 Å². The van der Waals surface area contributed by atoms with Gasteiger partial charge in [-0.25, -0.2) is 0 Å². The lowest BCUT2D eigenvalue weighted by atomic mass is 9.76. The maximum Gasteiger partial charge on any atom is -0.0389 e. The van der Waals surface area contributed by atoms with Crippen molar-refractivity contribution >= 4 is 0 Å². The van der Waals surface area contributed by atoms with Crippen molar-refractivity contribution in [3.05, 3.63) is 0 Å². The van der Waals surface area contributed by atoms with Gasteiger partial charge in [-0.2, -0.15) is 0 Å². The highest BCUT2D eigenvalue weighted by molar-refractivity contribution is 4.73. The van der Waals surface area contributed by atoms with Crippen molar-refractivity contribution in [3.8, 4) is 0 Å². The summed E-state index contributed by atoms with van der Waals surface area (Å²) in [4.78, 5) is 0. The van der Waals surface area contributed by atoms with Gasteiger partial charge in [0.15, 0.2) is 0 Å². The van der Waals surface area contributed by atoms with E-state index in [2.05, 4.69) is 55.4 Å². The molecule has 6 unspecified atom stereocenters. The molecular weight excluding hydrogens is 276 g/mol. The van der Waals surface area contributed by atoms with E-state index in [1.54, 1.807) is 0 Å². The summed E-state index contributed by atoms with van der Waals surface area (Å²) in [5.41, 5.74) is 0. The van der Waals surface area contributed by atoms with Crippen molar-refractivity contribution < 1.29 is 0 Å². The molecule has 0 rings (SSSR count).